The SMILES string of the molecule is CCC(C)n1ccc(NC(=O)c2cccn2Cc2ccncc2)n1. The van der Waals surface area contributed by atoms with E-state index in [1.807, 2.05) is 52.0 Å². The van der Waals surface area contributed by atoms with Gasteiger partial charge in [-0.05, 0) is 43.2 Å². The monoisotopic (exact) mass is 323 g/mol. The van der Waals surface area contributed by atoms with E-state index in [4.69, 9.17) is 0 Å². The van der Waals surface area contributed by atoms with Gasteiger partial charge in [0.25, 0.3) is 5.91 Å². The summed E-state index contributed by atoms with van der Waals surface area (Å²) in [6, 6.07) is 9.69. The second-order valence-electron chi connectivity index (χ2n) is 5.77. The van der Waals surface area contributed by atoms with Crippen molar-refractivity contribution in [2.75, 3.05) is 5.32 Å². The molecule has 24 heavy (non-hydrogen) atoms. The maximum Gasteiger partial charge on any atom is 0.273 e. The topological polar surface area (TPSA) is 64.7 Å². The number of nitrogens with zero attached hydrogens (tertiary/aromatic N) is 4. The molecule has 0 saturated heterocycles. The van der Waals surface area contributed by atoms with E-state index in [9.17, 15) is 4.79 Å². The third kappa shape index (κ3) is 3.53. The van der Waals surface area contributed by atoms with E-state index >= 15 is 0 Å². The number of hydrogen-bond donors (Lipinski definition) is 1. The predicted octanol–water partition coefficient (Wildman–Crippen LogP) is 3.35. The van der Waals surface area contributed by atoms with Crippen LogP contribution < -0.4 is 5.32 Å². The molecule has 3 aromatic rings. The van der Waals surface area contributed by atoms with Gasteiger partial charge in [-0.1, -0.05) is 6.92 Å². The molecule has 1 N–H and O–H groups in total. The van der Waals surface area contributed by atoms with Crippen molar-refractivity contribution in [3.63, 3.8) is 0 Å². The third-order valence-electron chi connectivity index (χ3n) is 4.06. The van der Waals surface area contributed by atoms with Gasteiger partial charge in [-0.15, -0.1) is 0 Å². The first-order valence-electron chi connectivity index (χ1n) is 8.08. The summed E-state index contributed by atoms with van der Waals surface area (Å²) in [4.78, 5) is 16.6. The minimum absolute atomic E-state index is 0.163. The van der Waals surface area contributed by atoms with E-state index in [1.54, 1.807) is 12.4 Å². The van der Waals surface area contributed by atoms with Crippen LogP contribution in [0.15, 0.2) is 55.1 Å². The quantitative estimate of drug-likeness (QED) is 0.756. The van der Waals surface area contributed by atoms with Crippen LogP contribution in [0.1, 0.15) is 42.4 Å². The first kappa shape index (κ1) is 16.0. The predicted molar refractivity (Wildman–Crippen MR) is 93.0 cm³/mol. The third-order valence-corrected chi connectivity index (χ3v) is 4.06. The zero-order valence-electron chi connectivity index (χ0n) is 13.9. The molecule has 3 heterocycles. The molecule has 3 aromatic heterocycles. The summed E-state index contributed by atoms with van der Waals surface area (Å²) in [6.45, 7) is 4.83. The highest BCUT2D eigenvalue weighted by atomic mass is 16.2. The molecule has 3 rings (SSSR count). The van der Waals surface area contributed by atoms with Gasteiger partial charge in [0.1, 0.15) is 5.69 Å². The molecule has 0 aliphatic rings. The van der Waals surface area contributed by atoms with Gasteiger partial charge in [-0.3, -0.25) is 14.5 Å². The molecule has 1 atom stereocenters. The van der Waals surface area contributed by atoms with Crippen LogP contribution in [0.5, 0.6) is 0 Å². The number of rotatable bonds is 6. The van der Waals surface area contributed by atoms with E-state index < -0.39 is 0 Å². The number of carbonyl (C=O) groups excluding carboxylic acids is 1. The Bertz CT molecular complexity index is 806. The maximum absolute atomic E-state index is 12.5. The lowest BCUT2D eigenvalue weighted by Crippen LogP contribution is -2.18. The Hall–Kier alpha value is -2.89. The van der Waals surface area contributed by atoms with Crippen LogP contribution in [0.2, 0.25) is 0 Å². The molecule has 0 saturated carbocycles. The van der Waals surface area contributed by atoms with Gasteiger partial charge in [0.05, 0.1) is 0 Å². The molecular weight excluding hydrogens is 302 g/mol. The summed E-state index contributed by atoms with van der Waals surface area (Å²) in [5, 5.41) is 7.28. The smallest absolute Gasteiger partial charge is 0.273 e. The fraction of sp³-hybridized carbons (Fsp3) is 0.278. The first-order valence-corrected chi connectivity index (χ1v) is 8.08. The van der Waals surface area contributed by atoms with Gasteiger partial charge in [-0.2, -0.15) is 5.10 Å². The van der Waals surface area contributed by atoms with E-state index in [0.717, 1.165) is 12.0 Å². The molecule has 6 nitrogen and oxygen atoms in total. The molecule has 0 bridgehead atoms. The van der Waals surface area contributed by atoms with Crippen molar-refractivity contribution in [3.05, 3.63) is 66.4 Å². The van der Waals surface area contributed by atoms with E-state index in [2.05, 4.69) is 29.2 Å². The Morgan fingerprint density at radius 2 is 2.00 bits per heavy atom. The summed E-state index contributed by atoms with van der Waals surface area (Å²) < 4.78 is 3.78. The minimum Gasteiger partial charge on any atom is -0.339 e. The Balaban J connectivity index is 1.72. The number of nitrogens with one attached hydrogen (secondary N) is 1. The molecule has 6 heteroatoms. The molecule has 0 aliphatic carbocycles. The zero-order valence-corrected chi connectivity index (χ0v) is 13.9. The molecule has 0 spiro atoms. The first-order chi connectivity index (χ1) is 11.7. The summed E-state index contributed by atoms with van der Waals surface area (Å²) in [6.07, 6.45) is 8.27. The second kappa shape index (κ2) is 7.12. The van der Waals surface area contributed by atoms with Crippen molar-refractivity contribution in [2.24, 2.45) is 0 Å². The summed E-state index contributed by atoms with van der Waals surface area (Å²) in [7, 11) is 0. The highest BCUT2D eigenvalue weighted by Gasteiger charge is 2.13. The van der Waals surface area contributed by atoms with Crippen LogP contribution >= 0.6 is 0 Å². The van der Waals surface area contributed by atoms with Crippen molar-refractivity contribution in [2.45, 2.75) is 32.9 Å². The molecule has 1 unspecified atom stereocenters. The molecular formula is C18H21N5O. The number of amides is 1. The van der Waals surface area contributed by atoms with Gasteiger partial charge in [0, 0.05) is 43.4 Å². The molecule has 124 valence electrons. The molecule has 0 fully saturated rings. The van der Waals surface area contributed by atoms with Gasteiger partial charge >= 0.3 is 0 Å². The van der Waals surface area contributed by atoms with Crippen molar-refractivity contribution in [1.29, 1.82) is 0 Å². The van der Waals surface area contributed by atoms with Crippen LogP contribution in [-0.2, 0) is 6.54 Å². The average molecular weight is 323 g/mol. The maximum atomic E-state index is 12.5. The van der Waals surface area contributed by atoms with Crippen molar-refractivity contribution in [3.8, 4) is 0 Å². The highest BCUT2D eigenvalue weighted by Crippen LogP contribution is 2.14. The van der Waals surface area contributed by atoms with Gasteiger partial charge < -0.3 is 9.88 Å². The van der Waals surface area contributed by atoms with Gasteiger partial charge in [0.2, 0.25) is 0 Å². The normalized spacial score (nSPS) is 12.1. The van der Waals surface area contributed by atoms with Crippen LogP contribution in [0.25, 0.3) is 0 Å². The van der Waals surface area contributed by atoms with Gasteiger partial charge in [0.15, 0.2) is 5.82 Å². The zero-order chi connectivity index (χ0) is 16.9. The standard InChI is InChI=1S/C18H21N5O/c1-3-14(2)23-12-8-17(21-23)20-18(24)16-5-4-11-22(16)13-15-6-9-19-10-7-15/h4-12,14H,3,13H2,1-2H3,(H,20,21,24). The second-order valence-corrected chi connectivity index (χ2v) is 5.77. The number of aromatic nitrogens is 4. The van der Waals surface area contributed by atoms with E-state index in [-0.39, 0.29) is 5.91 Å². The Kier molecular flexibility index (Phi) is 4.74. The highest BCUT2D eigenvalue weighted by molar-refractivity contribution is 6.02. The fourth-order valence-electron chi connectivity index (χ4n) is 2.46. The Labute approximate surface area is 141 Å². The number of pyridine rings is 1. The lowest BCUT2D eigenvalue weighted by molar-refractivity contribution is 0.101. The summed E-state index contributed by atoms with van der Waals surface area (Å²) in [5.41, 5.74) is 1.70. The minimum atomic E-state index is -0.163. The van der Waals surface area contributed by atoms with Crippen molar-refractivity contribution >= 4 is 11.7 Å². The molecule has 0 aromatic carbocycles. The number of carbonyl (C=O) groups is 1. The van der Waals surface area contributed by atoms with E-state index in [1.165, 1.54) is 0 Å². The van der Waals surface area contributed by atoms with Gasteiger partial charge in [-0.25, -0.2) is 0 Å². The number of hydrogen-bond acceptors (Lipinski definition) is 3. The lowest BCUT2D eigenvalue weighted by Gasteiger charge is -2.10. The number of anilines is 1. The van der Waals surface area contributed by atoms with E-state index in [0.29, 0.717) is 24.1 Å². The molecule has 1 amide bonds. The fourth-order valence-corrected chi connectivity index (χ4v) is 2.46. The Morgan fingerprint density at radius 1 is 1.21 bits per heavy atom. The lowest BCUT2D eigenvalue weighted by atomic mass is 10.2. The van der Waals surface area contributed by atoms with Crippen molar-refractivity contribution in [1.82, 2.24) is 19.3 Å². The largest absolute Gasteiger partial charge is 0.339 e. The molecule has 0 aliphatic heterocycles. The van der Waals surface area contributed by atoms with Crippen LogP contribution in [0, 0.1) is 0 Å². The summed E-state index contributed by atoms with van der Waals surface area (Å²) in [5.74, 6) is 0.403. The van der Waals surface area contributed by atoms with Crippen LogP contribution in [0.4, 0.5) is 5.82 Å². The van der Waals surface area contributed by atoms with Crippen molar-refractivity contribution < 1.29 is 4.79 Å². The van der Waals surface area contributed by atoms with Crippen LogP contribution in [0.3, 0.4) is 0 Å². The Morgan fingerprint density at radius 3 is 2.75 bits per heavy atom. The molecule has 0 radical (unpaired) electrons. The average Bonchev–Trinajstić information content (AvgIpc) is 3.24. The summed E-state index contributed by atoms with van der Waals surface area (Å²) >= 11 is 0. The van der Waals surface area contributed by atoms with Crippen LogP contribution in [-0.4, -0.2) is 25.2 Å².